The number of benzene rings is 1. The van der Waals surface area contributed by atoms with Gasteiger partial charge in [0.25, 0.3) is 5.91 Å². The molecule has 0 radical (unpaired) electrons. The summed E-state index contributed by atoms with van der Waals surface area (Å²) in [5.74, 6) is 1.71. The van der Waals surface area contributed by atoms with Gasteiger partial charge < -0.3 is 10.2 Å². The van der Waals surface area contributed by atoms with E-state index in [-0.39, 0.29) is 22.3 Å². The fraction of sp³-hybridized carbons (Fsp3) is 0.429. The maximum absolute atomic E-state index is 13.3. The molecule has 3 aromatic rings. The van der Waals surface area contributed by atoms with Gasteiger partial charge in [-0.3, -0.25) is 14.5 Å². The Kier molecular flexibility index (Phi) is 7.09. The normalized spacial score (nSPS) is 17.4. The lowest BCUT2D eigenvalue weighted by Gasteiger charge is -2.25. The fourth-order valence-corrected chi connectivity index (χ4v) is 7.32. The van der Waals surface area contributed by atoms with E-state index >= 15 is 0 Å². The molecule has 40 heavy (non-hydrogen) atoms. The van der Waals surface area contributed by atoms with Gasteiger partial charge in [0.05, 0.1) is 21.0 Å². The van der Waals surface area contributed by atoms with E-state index < -0.39 is 10.0 Å². The molecule has 2 amide bonds. The van der Waals surface area contributed by atoms with Crippen LogP contribution in [0.2, 0.25) is 0 Å². The standard InChI is InChI=1S/C28H32N6O4S2/c1-17-26(39-28(30-17)32-22-6-5-7-23(31-22)34-12-4-3-8-24(34)35)19-14-20-16-33(13-11-18-9-10-18)27(36)25(20)21(15-19)40(37,38)29-2/h5-7,14-15,18,29H,3-4,8-13,16H2,1-2H3,(H,30,31,32). The van der Waals surface area contributed by atoms with Crippen molar-refractivity contribution in [3.8, 4) is 10.4 Å². The van der Waals surface area contributed by atoms with Gasteiger partial charge in [-0.15, -0.1) is 0 Å². The number of fused-ring (bicyclic) bond motifs is 1. The van der Waals surface area contributed by atoms with E-state index in [1.165, 1.54) is 31.2 Å². The number of hydrogen-bond donors (Lipinski definition) is 2. The zero-order chi connectivity index (χ0) is 28.0. The minimum Gasteiger partial charge on any atom is -0.334 e. The van der Waals surface area contributed by atoms with Gasteiger partial charge >= 0.3 is 0 Å². The average molecular weight is 581 g/mol. The van der Waals surface area contributed by atoms with Crippen LogP contribution in [0, 0.1) is 12.8 Å². The first-order valence-corrected chi connectivity index (χ1v) is 16.0. The summed E-state index contributed by atoms with van der Waals surface area (Å²) in [4.78, 5) is 39.3. The molecule has 0 unspecified atom stereocenters. The van der Waals surface area contributed by atoms with E-state index in [0.717, 1.165) is 35.4 Å². The number of hydrogen-bond acceptors (Lipinski definition) is 8. The van der Waals surface area contributed by atoms with E-state index in [2.05, 4.69) is 20.0 Å². The molecule has 2 aromatic heterocycles. The van der Waals surface area contributed by atoms with E-state index in [9.17, 15) is 18.0 Å². The van der Waals surface area contributed by atoms with Crippen LogP contribution in [-0.4, -0.2) is 55.2 Å². The number of carbonyl (C=O) groups is 2. The first-order valence-electron chi connectivity index (χ1n) is 13.7. The number of carbonyl (C=O) groups excluding carboxylic acids is 2. The number of nitrogens with one attached hydrogen (secondary N) is 2. The lowest BCUT2D eigenvalue weighted by Crippen LogP contribution is -2.35. The fourth-order valence-electron chi connectivity index (χ4n) is 5.37. The second-order valence-corrected chi connectivity index (χ2v) is 13.5. The monoisotopic (exact) mass is 580 g/mol. The largest absolute Gasteiger partial charge is 0.334 e. The van der Waals surface area contributed by atoms with Crippen molar-refractivity contribution in [3.63, 3.8) is 0 Å². The minimum absolute atomic E-state index is 0.00398. The number of nitrogens with zero attached hydrogens (tertiary/aromatic N) is 4. The first-order chi connectivity index (χ1) is 19.2. The summed E-state index contributed by atoms with van der Waals surface area (Å²) in [5, 5.41) is 3.85. The van der Waals surface area contributed by atoms with Crippen molar-refractivity contribution >= 4 is 49.9 Å². The minimum atomic E-state index is -3.87. The Balaban J connectivity index is 1.30. The number of amides is 2. The molecule has 1 saturated carbocycles. The predicted octanol–water partition coefficient (Wildman–Crippen LogP) is 4.44. The molecular formula is C28H32N6O4S2. The van der Waals surface area contributed by atoms with Crippen LogP contribution >= 0.6 is 11.3 Å². The molecule has 0 bridgehead atoms. The molecular weight excluding hydrogens is 548 g/mol. The predicted molar refractivity (Wildman–Crippen MR) is 154 cm³/mol. The van der Waals surface area contributed by atoms with Gasteiger partial charge in [0.1, 0.15) is 11.6 Å². The van der Waals surface area contributed by atoms with Crippen LogP contribution in [0.5, 0.6) is 0 Å². The van der Waals surface area contributed by atoms with Crippen LogP contribution in [0.1, 0.15) is 60.1 Å². The maximum atomic E-state index is 13.3. The molecule has 2 N–H and O–H groups in total. The van der Waals surface area contributed by atoms with E-state index in [1.54, 1.807) is 15.9 Å². The van der Waals surface area contributed by atoms with Crippen molar-refractivity contribution < 1.29 is 18.0 Å². The Hall–Kier alpha value is -3.35. The summed E-state index contributed by atoms with van der Waals surface area (Å²) < 4.78 is 28.5. The molecule has 0 atom stereocenters. The molecule has 0 spiro atoms. The van der Waals surface area contributed by atoms with Crippen molar-refractivity contribution in [2.75, 3.05) is 30.4 Å². The molecule has 3 aliphatic rings. The summed E-state index contributed by atoms with van der Waals surface area (Å²) in [6, 6.07) is 9.01. The highest BCUT2D eigenvalue weighted by molar-refractivity contribution is 7.89. The molecule has 210 valence electrons. The number of rotatable bonds is 9. The second-order valence-electron chi connectivity index (χ2n) is 10.6. The summed E-state index contributed by atoms with van der Waals surface area (Å²) in [5.41, 5.74) is 2.42. The SMILES string of the molecule is CNS(=O)(=O)c1cc(-c2sc(Nc3cccc(N4CCCCC4=O)n3)nc2C)cc2c1C(=O)N(CCC1CC1)C2. The van der Waals surface area contributed by atoms with Gasteiger partial charge in [0.2, 0.25) is 15.9 Å². The van der Waals surface area contributed by atoms with Crippen LogP contribution in [0.25, 0.3) is 10.4 Å². The maximum Gasteiger partial charge on any atom is 0.255 e. The molecule has 4 heterocycles. The third-order valence-corrected chi connectivity index (χ3v) is 10.3. The third-order valence-electron chi connectivity index (χ3n) is 7.74. The van der Waals surface area contributed by atoms with Crippen LogP contribution in [0.3, 0.4) is 0 Å². The van der Waals surface area contributed by atoms with Crippen molar-refractivity contribution in [1.82, 2.24) is 19.6 Å². The van der Waals surface area contributed by atoms with Crippen molar-refractivity contribution in [1.29, 1.82) is 0 Å². The van der Waals surface area contributed by atoms with Gasteiger partial charge in [0.15, 0.2) is 5.13 Å². The van der Waals surface area contributed by atoms with Crippen molar-refractivity contribution in [2.45, 2.75) is 56.9 Å². The lowest BCUT2D eigenvalue weighted by molar-refractivity contribution is -0.119. The Bertz CT molecular complexity index is 1600. The van der Waals surface area contributed by atoms with Gasteiger partial charge in [0, 0.05) is 26.1 Å². The van der Waals surface area contributed by atoms with Crippen molar-refractivity contribution in [3.05, 3.63) is 47.2 Å². The molecule has 1 aromatic carbocycles. The molecule has 10 nitrogen and oxygen atoms in total. The topological polar surface area (TPSA) is 125 Å². The summed E-state index contributed by atoms with van der Waals surface area (Å²) in [6.45, 7) is 3.57. The van der Waals surface area contributed by atoms with Gasteiger partial charge in [-0.05, 0) is 74.5 Å². The molecule has 2 aliphatic heterocycles. The Morgan fingerprint density at radius 3 is 2.70 bits per heavy atom. The van der Waals surface area contributed by atoms with Crippen molar-refractivity contribution in [2.24, 2.45) is 5.92 Å². The summed E-state index contributed by atoms with van der Waals surface area (Å²) in [7, 11) is -2.52. The quantitative estimate of drug-likeness (QED) is 0.383. The number of piperidine rings is 1. The highest BCUT2D eigenvalue weighted by Crippen LogP contribution is 2.40. The Morgan fingerprint density at radius 2 is 1.95 bits per heavy atom. The zero-order valence-electron chi connectivity index (χ0n) is 22.6. The van der Waals surface area contributed by atoms with Crippen LogP contribution in [-0.2, 0) is 21.4 Å². The summed E-state index contributed by atoms with van der Waals surface area (Å²) in [6.07, 6.45) is 5.75. The van der Waals surface area contributed by atoms with Crippen LogP contribution in [0.15, 0.2) is 35.2 Å². The molecule has 1 saturated heterocycles. The smallest absolute Gasteiger partial charge is 0.255 e. The number of aromatic nitrogens is 2. The highest BCUT2D eigenvalue weighted by Gasteiger charge is 2.35. The molecule has 2 fully saturated rings. The zero-order valence-corrected chi connectivity index (χ0v) is 24.2. The van der Waals surface area contributed by atoms with Crippen LogP contribution in [0.4, 0.5) is 16.8 Å². The number of sulfonamides is 1. The Labute approximate surface area is 237 Å². The van der Waals surface area contributed by atoms with Crippen LogP contribution < -0.4 is 14.9 Å². The summed E-state index contributed by atoms with van der Waals surface area (Å²) >= 11 is 1.39. The average Bonchev–Trinajstić information content (AvgIpc) is 3.63. The van der Waals surface area contributed by atoms with Gasteiger partial charge in [-0.25, -0.2) is 23.1 Å². The Morgan fingerprint density at radius 1 is 1.12 bits per heavy atom. The van der Waals surface area contributed by atoms with Gasteiger partial charge in [-0.1, -0.05) is 30.2 Å². The van der Waals surface area contributed by atoms with Gasteiger partial charge in [-0.2, -0.15) is 0 Å². The number of pyridine rings is 1. The highest BCUT2D eigenvalue weighted by atomic mass is 32.2. The van der Waals surface area contributed by atoms with E-state index in [1.807, 2.05) is 31.2 Å². The van der Waals surface area contributed by atoms with E-state index in [0.29, 0.717) is 54.3 Å². The second kappa shape index (κ2) is 10.6. The molecule has 12 heteroatoms. The third kappa shape index (κ3) is 5.23. The number of thiazole rings is 1. The van der Waals surface area contributed by atoms with E-state index in [4.69, 9.17) is 0 Å². The molecule has 1 aliphatic carbocycles. The lowest BCUT2D eigenvalue weighted by atomic mass is 10.0. The molecule has 6 rings (SSSR count). The first kappa shape index (κ1) is 26.9. The number of aryl methyl sites for hydroxylation is 1. The number of anilines is 3.